The third-order valence-electron chi connectivity index (χ3n) is 3.56. The molecule has 1 rings (SSSR count). The van der Waals surface area contributed by atoms with Gasteiger partial charge in [-0.3, -0.25) is 0 Å². The molecule has 14 heavy (non-hydrogen) atoms. The summed E-state index contributed by atoms with van der Waals surface area (Å²) < 4.78 is 0. The fourth-order valence-electron chi connectivity index (χ4n) is 2.53. The molecule has 1 aliphatic carbocycles. The van der Waals surface area contributed by atoms with Gasteiger partial charge in [0.15, 0.2) is 0 Å². The van der Waals surface area contributed by atoms with Gasteiger partial charge in [-0.15, -0.1) is 0 Å². The third-order valence-corrected chi connectivity index (χ3v) is 3.56. The summed E-state index contributed by atoms with van der Waals surface area (Å²) in [5.41, 5.74) is 2.91. The van der Waals surface area contributed by atoms with Crippen LogP contribution in [0.2, 0.25) is 0 Å². The van der Waals surface area contributed by atoms with Crippen LogP contribution in [0.5, 0.6) is 0 Å². The summed E-state index contributed by atoms with van der Waals surface area (Å²) in [6, 6.07) is 0. The fourth-order valence-corrected chi connectivity index (χ4v) is 2.53. The normalized spacial score (nSPS) is 27.3. The van der Waals surface area contributed by atoms with E-state index in [1.54, 1.807) is 0 Å². The van der Waals surface area contributed by atoms with E-state index in [4.69, 9.17) is 0 Å². The highest BCUT2D eigenvalue weighted by atomic mass is 14.3. The number of rotatable bonds is 5. The van der Waals surface area contributed by atoms with Crippen LogP contribution in [0.25, 0.3) is 0 Å². The van der Waals surface area contributed by atoms with E-state index in [9.17, 15) is 0 Å². The molecule has 0 aliphatic heterocycles. The lowest BCUT2D eigenvalue weighted by Gasteiger charge is -2.14. The van der Waals surface area contributed by atoms with Crippen LogP contribution in [-0.4, -0.2) is 0 Å². The Morgan fingerprint density at radius 2 is 1.93 bits per heavy atom. The van der Waals surface area contributed by atoms with Gasteiger partial charge in [0.1, 0.15) is 0 Å². The first-order valence-corrected chi connectivity index (χ1v) is 6.07. The minimum atomic E-state index is 0.645. The fraction of sp³-hybridized carbons (Fsp3) is 0.714. The molecule has 2 unspecified atom stereocenters. The van der Waals surface area contributed by atoms with Gasteiger partial charge in [0.05, 0.1) is 0 Å². The third kappa shape index (κ3) is 2.50. The molecule has 0 aromatic heterocycles. The van der Waals surface area contributed by atoms with Gasteiger partial charge in [0.25, 0.3) is 0 Å². The van der Waals surface area contributed by atoms with Crippen LogP contribution in [0.1, 0.15) is 52.4 Å². The van der Waals surface area contributed by atoms with Crippen LogP contribution in [0.4, 0.5) is 0 Å². The van der Waals surface area contributed by atoms with Gasteiger partial charge in [-0.1, -0.05) is 57.4 Å². The van der Waals surface area contributed by atoms with E-state index in [-0.39, 0.29) is 0 Å². The van der Waals surface area contributed by atoms with E-state index in [0.29, 0.717) is 5.92 Å². The molecule has 0 saturated heterocycles. The average Bonchev–Trinajstić information content (AvgIpc) is 2.45. The quantitative estimate of drug-likeness (QED) is 0.436. The van der Waals surface area contributed by atoms with Crippen LogP contribution < -0.4 is 0 Å². The Hall–Kier alpha value is -0.520. The van der Waals surface area contributed by atoms with Gasteiger partial charge in [-0.25, -0.2) is 0 Å². The zero-order valence-corrected chi connectivity index (χ0v) is 9.81. The molecule has 0 heteroatoms. The summed E-state index contributed by atoms with van der Waals surface area (Å²) >= 11 is 0. The summed E-state index contributed by atoms with van der Waals surface area (Å²) in [6.45, 7) is 13.0. The molecule has 2 atom stereocenters. The van der Waals surface area contributed by atoms with E-state index in [1.165, 1.54) is 49.7 Å². The van der Waals surface area contributed by atoms with Crippen molar-refractivity contribution in [2.24, 2.45) is 11.8 Å². The molecule has 0 nitrogen and oxygen atoms in total. The van der Waals surface area contributed by atoms with Crippen molar-refractivity contribution in [2.75, 3.05) is 0 Å². The molecule has 0 bridgehead atoms. The van der Waals surface area contributed by atoms with Crippen LogP contribution in [0, 0.1) is 11.8 Å². The number of unbranched alkanes of at least 4 members (excludes halogenated alkanes) is 2. The molecule has 0 spiro atoms. The van der Waals surface area contributed by atoms with Crippen molar-refractivity contribution in [3.63, 3.8) is 0 Å². The van der Waals surface area contributed by atoms with E-state index < -0.39 is 0 Å². The second-order valence-corrected chi connectivity index (χ2v) is 4.59. The molecule has 0 radical (unpaired) electrons. The summed E-state index contributed by atoms with van der Waals surface area (Å²) in [4.78, 5) is 0. The van der Waals surface area contributed by atoms with Gasteiger partial charge in [-0.05, 0) is 25.2 Å². The van der Waals surface area contributed by atoms with Crippen LogP contribution in [0.3, 0.4) is 0 Å². The van der Waals surface area contributed by atoms with E-state index in [2.05, 4.69) is 27.0 Å². The van der Waals surface area contributed by atoms with E-state index in [0.717, 1.165) is 5.92 Å². The average molecular weight is 192 g/mol. The summed E-state index contributed by atoms with van der Waals surface area (Å²) in [6.07, 6.45) is 7.74. The second-order valence-electron chi connectivity index (χ2n) is 4.59. The van der Waals surface area contributed by atoms with Crippen molar-refractivity contribution in [1.82, 2.24) is 0 Å². The van der Waals surface area contributed by atoms with Crippen LogP contribution in [-0.2, 0) is 0 Å². The first-order valence-electron chi connectivity index (χ1n) is 6.07. The maximum absolute atomic E-state index is 4.26. The lowest BCUT2D eigenvalue weighted by Crippen LogP contribution is -2.01. The Bertz CT molecular complexity index is 212. The van der Waals surface area contributed by atoms with Crippen molar-refractivity contribution in [3.05, 3.63) is 24.3 Å². The molecule has 1 aliphatic rings. The predicted octanol–water partition coefficient (Wildman–Crippen LogP) is 4.73. The van der Waals surface area contributed by atoms with Gasteiger partial charge >= 0.3 is 0 Å². The molecule has 80 valence electrons. The highest BCUT2D eigenvalue weighted by Crippen LogP contribution is 2.42. The van der Waals surface area contributed by atoms with E-state index in [1.807, 2.05) is 0 Å². The maximum atomic E-state index is 4.26. The summed E-state index contributed by atoms with van der Waals surface area (Å²) in [5, 5.41) is 0. The predicted molar refractivity (Wildman–Crippen MR) is 64.3 cm³/mol. The Morgan fingerprint density at radius 1 is 1.21 bits per heavy atom. The van der Waals surface area contributed by atoms with Crippen molar-refractivity contribution in [3.8, 4) is 0 Å². The Kier molecular flexibility index (Phi) is 4.44. The molecule has 1 saturated carbocycles. The highest BCUT2D eigenvalue weighted by molar-refractivity contribution is 5.27. The monoisotopic (exact) mass is 192 g/mol. The number of hydrogen-bond donors (Lipinski definition) is 0. The van der Waals surface area contributed by atoms with Gasteiger partial charge in [-0.2, -0.15) is 0 Å². The lowest BCUT2D eigenvalue weighted by molar-refractivity contribution is 0.569. The van der Waals surface area contributed by atoms with E-state index >= 15 is 0 Å². The molecule has 0 amide bonds. The molecule has 1 fully saturated rings. The van der Waals surface area contributed by atoms with Crippen molar-refractivity contribution in [2.45, 2.75) is 52.4 Å². The van der Waals surface area contributed by atoms with Gasteiger partial charge in [0, 0.05) is 5.92 Å². The maximum Gasteiger partial charge on any atom is 0.000465 e. The molecule has 0 aromatic carbocycles. The lowest BCUT2D eigenvalue weighted by atomic mass is 9.91. The van der Waals surface area contributed by atoms with Crippen LogP contribution >= 0.6 is 0 Å². The second kappa shape index (κ2) is 5.38. The molecule has 0 N–H and O–H groups in total. The zero-order valence-electron chi connectivity index (χ0n) is 9.81. The summed E-state index contributed by atoms with van der Waals surface area (Å²) in [7, 11) is 0. The van der Waals surface area contributed by atoms with Gasteiger partial charge in [0.2, 0.25) is 0 Å². The molecule has 0 aromatic rings. The first-order chi connectivity index (χ1) is 6.70. The molecular formula is C14H24. The Labute approximate surface area is 89.1 Å². The topological polar surface area (TPSA) is 0 Å². The minimum Gasteiger partial charge on any atom is -0.0992 e. The largest absolute Gasteiger partial charge is 0.0992 e. The van der Waals surface area contributed by atoms with Crippen molar-refractivity contribution >= 4 is 0 Å². The summed E-state index contributed by atoms with van der Waals surface area (Å²) in [5.74, 6) is 1.38. The number of allylic oxidation sites excluding steroid dienone is 2. The minimum absolute atomic E-state index is 0.645. The van der Waals surface area contributed by atoms with Crippen molar-refractivity contribution < 1.29 is 0 Å². The molecule has 0 heterocycles. The highest BCUT2D eigenvalue weighted by Gasteiger charge is 2.29. The Balaban J connectivity index is 2.44. The first kappa shape index (κ1) is 11.6. The zero-order chi connectivity index (χ0) is 10.6. The molecular weight excluding hydrogens is 168 g/mol. The van der Waals surface area contributed by atoms with Gasteiger partial charge < -0.3 is 0 Å². The van der Waals surface area contributed by atoms with Crippen molar-refractivity contribution in [1.29, 1.82) is 0 Å². The smallest absolute Gasteiger partial charge is 0.000465 e. The number of hydrogen-bond acceptors (Lipinski definition) is 0. The standard InChI is InChI=1S/C14H24/c1-5-7-8-9-14-11(3)10-13(6-2)12(14)4/h13-14H,3-10H2,1-2H3. The van der Waals surface area contributed by atoms with Crippen LogP contribution in [0.15, 0.2) is 24.3 Å². The SMILES string of the molecule is C=C1CC(CC)C(=C)C1CCCCC. The Morgan fingerprint density at radius 3 is 2.43 bits per heavy atom.